The standard InChI is InChI=1S/C19H28N2O2.ClH/c1-15-13-21(14-18(23-15)17-5-3-2-4-6-17)19(22)8-7-16-9-11-20-12-10-16;/h2-6,15-16,18,20H,7-14H2,1H3;1H. The monoisotopic (exact) mass is 352 g/mol. The average Bonchev–Trinajstić information content (AvgIpc) is 2.61. The minimum atomic E-state index is 0. The highest BCUT2D eigenvalue weighted by molar-refractivity contribution is 5.85. The van der Waals surface area contributed by atoms with Gasteiger partial charge in [-0.1, -0.05) is 30.3 Å². The molecule has 0 spiro atoms. The number of piperidine rings is 1. The number of amides is 1. The molecular weight excluding hydrogens is 324 g/mol. The van der Waals surface area contributed by atoms with Gasteiger partial charge in [0.25, 0.3) is 0 Å². The van der Waals surface area contributed by atoms with Gasteiger partial charge < -0.3 is 15.0 Å². The normalized spacial score (nSPS) is 25.1. The van der Waals surface area contributed by atoms with Crippen LogP contribution in [0.1, 0.15) is 44.3 Å². The Kier molecular flexibility index (Phi) is 7.53. The Labute approximate surface area is 151 Å². The van der Waals surface area contributed by atoms with Gasteiger partial charge in [-0.3, -0.25) is 4.79 Å². The smallest absolute Gasteiger partial charge is 0.222 e. The SMILES string of the molecule is CC1CN(C(=O)CCC2CCNCC2)CC(c2ccccc2)O1.Cl. The first kappa shape index (κ1) is 19.2. The molecule has 134 valence electrons. The number of hydrogen-bond acceptors (Lipinski definition) is 3. The van der Waals surface area contributed by atoms with Crippen LogP contribution in [0.4, 0.5) is 0 Å². The maximum atomic E-state index is 12.6. The van der Waals surface area contributed by atoms with Gasteiger partial charge in [0.15, 0.2) is 0 Å². The van der Waals surface area contributed by atoms with Crippen molar-refractivity contribution in [3.05, 3.63) is 35.9 Å². The first-order valence-corrected chi connectivity index (χ1v) is 8.91. The lowest BCUT2D eigenvalue weighted by Gasteiger charge is -2.37. The second kappa shape index (κ2) is 9.40. The molecule has 3 rings (SSSR count). The molecule has 1 aromatic carbocycles. The lowest BCUT2D eigenvalue weighted by Crippen LogP contribution is -2.46. The number of rotatable bonds is 4. The maximum Gasteiger partial charge on any atom is 0.222 e. The molecular formula is C19H29ClN2O2. The zero-order chi connectivity index (χ0) is 16.1. The molecule has 0 radical (unpaired) electrons. The fourth-order valence-corrected chi connectivity index (χ4v) is 3.66. The summed E-state index contributed by atoms with van der Waals surface area (Å²) in [6.45, 7) is 5.66. The highest BCUT2D eigenvalue weighted by atomic mass is 35.5. The van der Waals surface area contributed by atoms with E-state index >= 15 is 0 Å². The molecule has 1 aromatic rings. The van der Waals surface area contributed by atoms with Gasteiger partial charge in [-0.05, 0) is 50.8 Å². The Bertz CT molecular complexity index is 505. The molecule has 1 amide bonds. The topological polar surface area (TPSA) is 41.6 Å². The molecule has 2 fully saturated rings. The van der Waals surface area contributed by atoms with Crippen LogP contribution in [0, 0.1) is 5.92 Å². The fourth-order valence-electron chi connectivity index (χ4n) is 3.66. The van der Waals surface area contributed by atoms with Gasteiger partial charge >= 0.3 is 0 Å². The molecule has 24 heavy (non-hydrogen) atoms. The van der Waals surface area contributed by atoms with E-state index in [1.807, 2.05) is 23.1 Å². The van der Waals surface area contributed by atoms with Crippen LogP contribution in [-0.2, 0) is 9.53 Å². The van der Waals surface area contributed by atoms with E-state index in [1.54, 1.807) is 0 Å². The van der Waals surface area contributed by atoms with E-state index in [0.717, 1.165) is 25.1 Å². The zero-order valence-electron chi connectivity index (χ0n) is 14.4. The van der Waals surface area contributed by atoms with Crippen molar-refractivity contribution in [1.82, 2.24) is 10.2 Å². The highest BCUT2D eigenvalue weighted by Gasteiger charge is 2.29. The predicted molar refractivity (Wildman–Crippen MR) is 98.4 cm³/mol. The first-order valence-electron chi connectivity index (χ1n) is 8.91. The van der Waals surface area contributed by atoms with Gasteiger partial charge in [0.05, 0.1) is 12.6 Å². The Morgan fingerprint density at radius 1 is 1.21 bits per heavy atom. The third-order valence-electron chi connectivity index (χ3n) is 5.01. The Morgan fingerprint density at radius 2 is 1.92 bits per heavy atom. The molecule has 2 atom stereocenters. The van der Waals surface area contributed by atoms with Crippen LogP contribution >= 0.6 is 12.4 Å². The molecule has 0 aromatic heterocycles. The fraction of sp³-hybridized carbons (Fsp3) is 0.632. The third-order valence-corrected chi connectivity index (χ3v) is 5.01. The Balaban J connectivity index is 0.00000208. The summed E-state index contributed by atoms with van der Waals surface area (Å²) < 4.78 is 6.05. The van der Waals surface area contributed by atoms with Crippen molar-refractivity contribution >= 4 is 18.3 Å². The molecule has 2 aliphatic rings. The average molecular weight is 353 g/mol. The highest BCUT2D eigenvalue weighted by Crippen LogP contribution is 2.26. The lowest BCUT2D eigenvalue weighted by molar-refractivity contribution is -0.145. The predicted octanol–water partition coefficient (Wildman–Crippen LogP) is 3.18. The Hall–Kier alpha value is -1.10. The van der Waals surface area contributed by atoms with Crippen molar-refractivity contribution in [3.63, 3.8) is 0 Å². The molecule has 0 bridgehead atoms. The molecule has 2 saturated heterocycles. The molecule has 0 aliphatic carbocycles. The zero-order valence-corrected chi connectivity index (χ0v) is 15.3. The number of benzene rings is 1. The molecule has 1 N–H and O–H groups in total. The first-order chi connectivity index (χ1) is 11.2. The second-order valence-electron chi connectivity index (χ2n) is 6.88. The number of ether oxygens (including phenoxy) is 1. The summed E-state index contributed by atoms with van der Waals surface area (Å²) in [6, 6.07) is 10.2. The molecule has 2 aliphatic heterocycles. The largest absolute Gasteiger partial charge is 0.367 e. The van der Waals surface area contributed by atoms with E-state index in [4.69, 9.17) is 4.74 Å². The minimum Gasteiger partial charge on any atom is -0.367 e. The quantitative estimate of drug-likeness (QED) is 0.904. The van der Waals surface area contributed by atoms with E-state index in [0.29, 0.717) is 31.3 Å². The van der Waals surface area contributed by atoms with Gasteiger partial charge in [0.1, 0.15) is 6.10 Å². The van der Waals surface area contributed by atoms with Crippen LogP contribution in [0.3, 0.4) is 0 Å². The number of halogens is 1. The van der Waals surface area contributed by atoms with Crippen LogP contribution in [0.2, 0.25) is 0 Å². The number of hydrogen-bond donors (Lipinski definition) is 1. The number of nitrogens with one attached hydrogen (secondary N) is 1. The van der Waals surface area contributed by atoms with Crippen LogP contribution < -0.4 is 5.32 Å². The lowest BCUT2D eigenvalue weighted by atomic mass is 9.93. The van der Waals surface area contributed by atoms with Crippen LogP contribution in [0.5, 0.6) is 0 Å². The van der Waals surface area contributed by atoms with E-state index < -0.39 is 0 Å². The third kappa shape index (κ3) is 5.20. The summed E-state index contributed by atoms with van der Waals surface area (Å²) >= 11 is 0. The summed E-state index contributed by atoms with van der Waals surface area (Å²) in [5, 5.41) is 3.38. The van der Waals surface area contributed by atoms with E-state index in [1.165, 1.54) is 12.8 Å². The van der Waals surface area contributed by atoms with Crippen molar-refractivity contribution in [3.8, 4) is 0 Å². The van der Waals surface area contributed by atoms with Crippen molar-refractivity contribution in [1.29, 1.82) is 0 Å². The maximum absolute atomic E-state index is 12.6. The number of nitrogens with zero attached hydrogens (tertiary/aromatic N) is 1. The van der Waals surface area contributed by atoms with Crippen LogP contribution in [0.15, 0.2) is 30.3 Å². The van der Waals surface area contributed by atoms with E-state index in [-0.39, 0.29) is 24.6 Å². The van der Waals surface area contributed by atoms with E-state index in [9.17, 15) is 4.79 Å². The summed E-state index contributed by atoms with van der Waals surface area (Å²) in [4.78, 5) is 14.6. The van der Waals surface area contributed by atoms with Crippen molar-refractivity contribution < 1.29 is 9.53 Å². The van der Waals surface area contributed by atoms with E-state index in [2.05, 4.69) is 24.4 Å². The van der Waals surface area contributed by atoms with Crippen molar-refractivity contribution in [2.24, 2.45) is 5.92 Å². The molecule has 2 heterocycles. The van der Waals surface area contributed by atoms with Gasteiger partial charge in [-0.15, -0.1) is 12.4 Å². The Morgan fingerprint density at radius 3 is 2.62 bits per heavy atom. The number of carbonyl (C=O) groups is 1. The molecule has 2 unspecified atom stereocenters. The van der Waals surface area contributed by atoms with Gasteiger partial charge in [-0.2, -0.15) is 0 Å². The number of carbonyl (C=O) groups excluding carboxylic acids is 1. The minimum absolute atomic E-state index is 0. The van der Waals surface area contributed by atoms with Gasteiger partial charge in [0.2, 0.25) is 5.91 Å². The summed E-state index contributed by atoms with van der Waals surface area (Å²) in [5.74, 6) is 1.00. The van der Waals surface area contributed by atoms with Gasteiger partial charge in [-0.25, -0.2) is 0 Å². The second-order valence-corrected chi connectivity index (χ2v) is 6.88. The van der Waals surface area contributed by atoms with Crippen LogP contribution in [-0.4, -0.2) is 43.1 Å². The molecule has 0 saturated carbocycles. The summed E-state index contributed by atoms with van der Waals surface area (Å²) in [7, 11) is 0. The molecule has 4 nitrogen and oxygen atoms in total. The summed E-state index contributed by atoms with van der Waals surface area (Å²) in [6.07, 6.45) is 4.22. The van der Waals surface area contributed by atoms with Gasteiger partial charge in [0, 0.05) is 13.0 Å². The van der Waals surface area contributed by atoms with Crippen molar-refractivity contribution in [2.45, 2.75) is 44.8 Å². The van der Waals surface area contributed by atoms with Crippen LogP contribution in [0.25, 0.3) is 0 Å². The molecule has 5 heteroatoms. The number of morpholine rings is 1. The summed E-state index contributed by atoms with van der Waals surface area (Å²) in [5.41, 5.74) is 1.16. The van der Waals surface area contributed by atoms with Crippen molar-refractivity contribution in [2.75, 3.05) is 26.2 Å².